The monoisotopic (exact) mass is 448 g/mol. The van der Waals surface area contributed by atoms with Gasteiger partial charge in [0, 0.05) is 11.9 Å². The second-order valence-corrected chi connectivity index (χ2v) is 3.91. The Bertz CT molecular complexity index is 317. The van der Waals surface area contributed by atoms with Crippen LogP contribution in [0.1, 0.15) is 27.7 Å². The van der Waals surface area contributed by atoms with Crippen LogP contribution >= 0.6 is 0 Å². The molecule has 12 nitrogen and oxygen atoms in total. The van der Waals surface area contributed by atoms with Gasteiger partial charge in [0.15, 0.2) is 0 Å². The summed E-state index contributed by atoms with van der Waals surface area (Å²) in [5.74, 6) is -5.96. The zero-order chi connectivity index (χ0) is 20.6. The third kappa shape index (κ3) is 58.4. The zero-order valence-electron chi connectivity index (χ0n) is 15.8. The number of carbonyl (C=O) groups excluding carboxylic acids is 4. The van der Waals surface area contributed by atoms with Gasteiger partial charge in [0.1, 0.15) is 0 Å². The van der Waals surface area contributed by atoms with E-state index >= 15 is 0 Å². The molecule has 0 spiro atoms. The molecule has 0 radical (unpaired) electrons. The van der Waals surface area contributed by atoms with Gasteiger partial charge in [-0.2, -0.15) is 0 Å². The van der Waals surface area contributed by atoms with Crippen LogP contribution in [0.15, 0.2) is 0 Å². The number of hydrogen-bond donors (Lipinski definition) is 2. The summed E-state index contributed by atoms with van der Waals surface area (Å²) in [5, 5.41) is 72.3. The first kappa shape index (κ1) is 45.9. The number of rotatable bonds is 4. The average Bonchev–Trinajstić information content (AvgIpc) is 2.40. The molecule has 0 aromatic carbocycles. The Kier molecular flexibility index (Phi) is 48.7. The molecular weight excluding hydrogens is 430 g/mol. The normalized spacial score (nSPS) is 12.1. The van der Waals surface area contributed by atoms with Gasteiger partial charge in [-0.3, -0.25) is 0 Å². The molecule has 0 aliphatic carbocycles. The van der Waals surface area contributed by atoms with E-state index in [1.54, 1.807) is 0 Å². The van der Waals surface area contributed by atoms with E-state index in [0.717, 1.165) is 27.7 Å². The SMILES string of the molecule is CC(O)C(=O)[O-].CC(O)C(=O)[O-].CC([O-])C(=O)[O-].CC([O-])C(=O)[O-].[Na+].[Na+].[Ti+4]. The van der Waals surface area contributed by atoms with Crippen LogP contribution in [0.2, 0.25) is 0 Å². The number of carboxylic acids is 4. The van der Waals surface area contributed by atoms with Crippen LogP contribution < -0.4 is 89.8 Å². The fourth-order valence-corrected chi connectivity index (χ4v) is 0. The molecule has 0 bridgehead atoms. The van der Waals surface area contributed by atoms with E-state index in [4.69, 9.17) is 10.2 Å². The molecule has 27 heavy (non-hydrogen) atoms. The molecule has 0 amide bonds. The molecule has 4 atom stereocenters. The summed E-state index contributed by atoms with van der Waals surface area (Å²) in [6.45, 7) is 4.31. The number of carboxylic acid groups (broad SMARTS) is 4. The van der Waals surface area contributed by atoms with Gasteiger partial charge in [0.25, 0.3) is 0 Å². The van der Waals surface area contributed by atoms with Crippen LogP contribution in [-0.4, -0.2) is 58.5 Å². The van der Waals surface area contributed by atoms with Crippen molar-refractivity contribution in [2.45, 2.75) is 52.1 Å². The fraction of sp³-hybridized carbons (Fsp3) is 0.667. The first-order valence-electron chi connectivity index (χ1n) is 6.08. The quantitative estimate of drug-likeness (QED) is 0.381. The number of aliphatic carboxylic acids is 4. The summed E-state index contributed by atoms with van der Waals surface area (Å²) in [6.07, 6.45) is -5.87. The van der Waals surface area contributed by atoms with Gasteiger partial charge in [-0.25, -0.2) is 0 Å². The van der Waals surface area contributed by atoms with Crippen LogP contribution in [-0.2, 0) is 40.9 Å². The maximum atomic E-state index is 9.56. The van der Waals surface area contributed by atoms with Crippen molar-refractivity contribution in [3.8, 4) is 0 Å². The van der Waals surface area contributed by atoms with Gasteiger partial charge < -0.3 is 60.0 Å². The van der Waals surface area contributed by atoms with Crippen molar-refractivity contribution < 1.29 is 141 Å². The molecule has 0 aromatic rings. The molecule has 0 fully saturated rings. The summed E-state index contributed by atoms with van der Waals surface area (Å²) >= 11 is 0. The molecule has 0 saturated carbocycles. The van der Waals surface area contributed by atoms with Crippen molar-refractivity contribution in [3.05, 3.63) is 0 Å². The second-order valence-electron chi connectivity index (χ2n) is 3.91. The Morgan fingerprint density at radius 2 is 0.667 bits per heavy atom. The van der Waals surface area contributed by atoms with E-state index in [9.17, 15) is 49.8 Å². The van der Waals surface area contributed by atoms with E-state index in [1.807, 2.05) is 0 Å². The second kappa shape index (κ2) is 28.6. The summed E-state index contributed by atoms with van der Waals surface area (Å²) in [5.41, 5.74) is 0. The third-order valence-electron chi connectivity index (χ3n) is 1.35. The Morgan fingerprint density at radius 1 is 0.593 bits per heavy atom. The molecule has 0 heterocycles. The largest absolute Gasteiger partial charge is 4.00 e. The molecule has 0 aliphatic rings. The van der Waals surface area contributed by atoms with Gasteiger partial charge in [-0.15, -0.1) is 0 Å². The van der Waals surface area contributed by atoms with Crippen LogP contribution in [0.25, 0.3) is 0 Å². The van der Waals surface area contributed by atoms with E-state index in [0.29, 0.717) is 0 Å². The van der Waals surface area contributed by atoms with Gasteiger partial charge in [0.05, 0.1) is 24.1 Å². The molecular formula is C12H18Na2O12Ti. The Morgan fingerprint density at radius 3 is 0.667 bits per heavy atom. The molecule has 0 rings (SSSR count). The van der Waals surface area contributed by atoms with Crippen LogP contribution in [0.4, 0.5) is 0 Å². The maximum absolute atomic E-state index is 9.56. The predicted octanol–water partition coefficient (Wildman–Crippen LogP) is -14.8. The molecule has 15 heteroatoms. The third-order valence-corrected chi connectivity index (χ3v) is 1.35. The van der Waals surface area contributed by atoms with E-state index in [2.05, 4.69) is 0 Å². The minimum atomic E-state index is -1.59. The Balaban J connectivity index is -0.0000000381. The first-order chi connectivity index (χ1) is 10.6. The van der Waals surface area contributed by atoms with Crippen molar-refractivity contribution in [2.75, 3.05) is 0 Å². The topological polar surface area (TPSA) is 247 Å². The molecule has 0 aliphatic heterocycles. The molecule has 0 aromatic heterocycles. The first-order valence-corrected chi connectivity index (χ1v) is 6.08. The summed E-state index contributed by atoms with van der Waals surface area (Å²) in [7, 11) is 0. The fourth-order valence-electron chi connectivity index (χ4n) is 0. The van der Waals surface area contributed by atoms with E-state index in [1.165, 1.54) is 0 Å². The van der Waals surface area contributed by atoms with Crippen molar-refractivity contribution in [2.24, 2.45) is 0 Å². The number of aliphatic hydroxyl groups is 2. The van der Waals surface area contributed by atoms with Crippen LogP contribution in [0, 0.1) is 0 Å². The van der Waals surface area contributed by atoms with Gasteiger partial charge in [-0.05, 0) is 13.8 Å². The average molecular weight is 448 g/mol. The van der Waals surface area contributed by atoms with Gasteiger partial charge >= 0.3 is 80.8 Å². The summed E-state index contributed by atoms with van der Waals surface area (Å²) in [4.78, 5) is 37.2. The van der Waals surface area contributed by atoms with E-state index < -0.39 is 48.3 Å². The summed E-state index contributed by atoms with van der Waals surface area (Å²) in [6, 6.07) is 0. The van der Waals surface area contributed by atoms with Crippen LogP contribution in [0.3, 0.4) is 0 Å². The minimum absolute atomic E-state index is 0. The number of aliphatic hydroxyl groups excluding tert-OH is 2. The minimum Gasteiger partial charge on any atom is -0.848 e. The molecule has 0 saturated heterocycles. The molecule has 2 N–H and O–H groups in total. The standard InChI is InChI=1S/2C3H6O3.2C3H5O3.2Na.Ti/c4*1-2(4)3(5)6;;;/h2*2,4H,1H3,(H,5,6);2*2H,1H3,(H,5,6);;;/q;;2*-1;2*+1;+4/p-4. The molecule has 144 valence electrons. The van der Waals surface area contributed by atoms with Crippen LogP contribution in [0.5, 0.6) is 0 Å². The number of carbonyl (C=O) groups is 4. The predicted molar refractivity (Wildman–Crippen MR) is 62.3 cm³/mol. The van der Waals surface area contributed by atoms with Gasteiger partial charge in [0.2, 0.25) is 0 Å². The van der Waals surface area contributed by atoms with Crippen molar-refractivity contribution in [3.63, 3.8) is 0 Å². The zero-order valence-corrected chi connectivity index (χ0v) is 21.3. The summed E-state index contributed by atoms with van der Waals surface area (Å²) < 4.78 is 0. The van der Waals surface area contributed by atoms with Crippen molar-refractivity contribution in [1.29, 1.82) is 0 Å². The maximum Gasteiger partial charge on any atom is 4.00 e. The molecule has 4 unspecified atom stereocenters. The van der Waals surface area contributed by atoms with Gasteiger partial charge in [-0.1, -0.05) is 26.1 Å². The number of hydrogen-bond acceptors (Lipinski definition) is 12. The van der Waals surface area contributed by atoms with Crippen molar-refractivity contribution in [1.82, 2.24) is 0 Å². The van der Waals surface area contributed by atoms with E-state index in [-0.39, 0.29) is 80.8 Å². The Labute approximate surface area is 215 Å². The van der Waals surface area contributed by atoms with Crippen molar-refractivity contribution >= 4 is 23.9 Å². The Hall–Kier alpha value is 0.434. The smallest absolute Gasteiger partial charge is 0.848 e.